The summed E-state index contributed by atoms with van der Waals surface area (Å²) in [5, 5.41) is 12.4. The van der Waals surface area contributed by atoms with Crippen molar-refractivity contribution >= 4 is 23.1 Å². The summed E-state index contributed by atoms with van der Waals surface area (Å²) in [6.45, 7) is 1.75. The van der Waals surface area contributed by atoms with Gasteiger partial charge in [-0.05, 0) is 6.42 Å². The zero-order chi connectivity index (χ0) is 15.5. The number of carbonyl (C=O) groups is 1. The summed E-state index contributed by atoms with van der Waals surface area (Å²) in [5.41, 5.74) is -0.490. The smallest absolute Gasteiger partial charge is 0.329 e. The molecular weight excluding hydrogens is 307 g/mol. The molecule has 2 amide bonds. The molecule has 2 aromatic rings. The lowest BCUT2D eigenvalue weighted by molar-refractivity contribution is -0.140. The fraction of sp³-hybridized carbons (Fsp3) is 0.364. The van der Waals surface area contributed by atoms with Gasteiger partial charge in [0.25, 0.3) is 0 Å². The average Bonchev–Trinajstić information content (AvgIpc) is 3.05. The number of nitrogens with one attached hydrogen (secondary N) is 3. The predicted octanol–water partition coefficient (Wildman–Crippen LogP) is 3.16. The van der Waals surface area contributed by atoms with Gasteiger partial charge in [-0.15, -0.1) is 11.3 Å². The van der Waals surface area contributed by atoms with Crippen molar-refractivity contribution in [2.45, 2.75) is 25.6 Å². The zero-order valence-electron chi connectivity index (χ0n) is 10.9. The maximum Gasteiger partial charge on any atom is 0.434 e. The van der Waals surface area contributed by atoms with Gasteiger partial charge in [-0.3, -0.25) is 5.10 Å². The van der Waals surface area contributed by atoms with Crippen molar-refractivity contribution in [2.24, 2.45) is 0 Å². The molecule has 0 spiro atoms. The van der Waals surface area contributed by atoms with Crippen LogP contribution in [0.15, 0.2) is 17.8 Å². The molecule has 0 saturated carbocycles. The molecule has 0 aliphatic carbocycles. The number of anilines is 1. The van der Waals surface area contributed by atoms with E-state index in [4.69, 9.17) is 0 Å². The van der Waals surface area contributed by atoms with Gasteiger partial charge in [0.15, 0.2) is 5.69 Å². The van der Waals surface area contributed by atoms with Gasteiger partial charge in [0.05, 0.1) is 17.9 Å². The number of thiazole rings is 1. The Morgan fingerprint density at radius 2 is 2.29 bits per heavy atom. The lowest BCUT2D eigenvalue weighted by Crippen LogP contribution is -2.32. The fourth-order valence-corrected chi connectivity index (χ4v) is 2.52. The van der Waals surface area contributed by atoms with Crippen LogP contribution < -0.4 is 10.6 Å². The summed E-state index contributed by atoms with van der Waals surface area (Å²) < 4.78 is 37.6. The summed E-state index contributed by atoms with van der Waals surface area (Å²) in [5.74, 6) is 0. The lowest BCUT2D eigenvalue weighted by atomic mass is 10.2. The molecule has 0 unspecified atom stereocenters. The van der Waals surface area contributed by atoms with Crippen molar-refractivity contribution in [2.75, 3.05) is 5.32 Å². The van der Waals surface area contributed by atoms with Gasteiger partial charge < -0.3 is 10.6 Å². The maximum atomic E-state index is 12.5. The van der Waals surface area contributed by atoms with Gasteiger partial charge in [-0.1, -0.05) is 6.92 Å². The number of hydrogen-bond acceptors (Lipinski definition) is 4. The number of hydrogen-bond donors (Lipinski definition) is 3. The Labute approximate surface area is 121 Å². The van der Waals surface area contributed by atoms with E-state index in [1.807, 2.05) is 0 Å². The molecule has 0 bridgehead atoms. The number of halogens is 3. The molecular formula is C11H12F3N5OS. The molecule has 10 heteroatoms. The van der Waals surface area contributed by atoms with E-state index < -0.39 is 23.9 Å². The second-order valence-electron chi connectivity index (χ2n) is 4.12. The summed E-state index contributed by atoms with van der Waals surface area (Å²) in [4.78, 5) is 15.3. The molecule has 0 aliphatic heterocycles. The fourth-order valence-electron chi connectivity index (χ4n) is 1.56. The summed E-state index contributed by atoms with van der Waals surface area (Å²) in [7, 11) is 0. The molecule has 6 nitrogen and oxygen atoms in total. The Morgan fingerprint density at radius 1 is 1.52 bits per heavy atom. The Hall–Kier alpha value is -2.10. The van der Waals surface area contributed by atoms with E-state index in [1.165, 1.54) is 12.4 Å². The topological polar surface area (TPSA) is 82.7 Å². The highest BCUT2D eigenvalue weighted by Crippen LogP contribution is 2.32. The van der Waals surface area contributed by atoms with Crippen LogP contribution in [0.2, 0.25) is 0 Å². The number of alkyl halides is 3. The zero-order valence-corrected chi connectivity index (χ0v) is 11.7. The van der Waals surface area contributed by atoms with Crippen LogP contribution in [0.5, 0.6) is 0 Å². The number of aromatic amines is 1. The van der Waals surface area contributed by atoms with E-state index in [2.05, 4.69) is 25.8 Å². The minimum absolute atomic E-state index is 0.215. The Balaban J connectivity index is 2.02. The van der Waals surface area contributed by atoms with Crippen molar-refractivity contribution in [3.8, 4) is 0 Å². The van der Waals surface area contributed by atoms with E-state index in [0.717, 1.165) is 16.7 Å². The molecule has 2 heterocycles. The molecule has 0 radical (unpaired) electrons. The number of nitrogens with zero attached hydrogens (tertiary/aromatic N) is 2. The summed E-state index contributed by atoms with van der Waals surface area (Å²) >= 11 is 0.867. The molecule has 1 atom stereocenters. The van der Waals surface area contributed by atoms with Crippen molar-refractivity contribution in [3.05, 3.63) is 28.5 Å². The van der Waals surface area contributed by atoms with Gasteiger partial charge in [0.1, 0.15) is 5.01 Å². The van der Waals surface area contributed by atoms with E-state index in [9.17, 15) is 18.0 Å². The van der Waals surface area contributed by atoms with E-state index >= 15 is 0 Å². The number of H-pyrrole nitrogens is 1. The van der Waals surface area contributed by atoms with Gasteiger partial charge in [0, 0.05) is 11.6 Å². The standard InChI is InChI=1S/C11H12F3N5OS/c1-2-7(9-19-8(5-21-9)11(12,13)14)18-10(20)17-6-3-15-16-4-6/h3-5,7H,2H2,1H3,(H,15,16)(H2,17,18,20)/t7-/m1/s1. The normalized spacial score (nSPS) is 13.0. The first kappa shape index (κ1) is 15.3. The third kappa shape index (κ3) is 3.94. The van der Waals surface area contributed by atoms with Crippen LogP contribution in [0, 0.1) is 0 Å². The van der Waals surface area contributed by atoms with Crippen LogP contribution in [-0.4, -0.2) is 21.2 Å². The molecule has 114 valence electrons. The number of rotatable bonds is 4. The van der Waals surface area contributed by atoms with Gasteiger partial charge in [-0.25, -0.2) is 9.78 Å². The number of urea groups is 1. The molecule has 2 aromatic heterocycles. The second-order valence-corrected chi connectivity index (χ2v) is 5.00. The van der Waals surface area contributed by atoms with E-state index in [1.54, 1.807) is 6.92 Å². The number of carbonyl (C=O) groups excluding carboxylic acids is 1. The molecule has 2 rings (SSSR count). The monoisotopic (exact) mass is 319 g/mol. The van der Waals surface area contributed by atoms with Crippen molar-refractivity contribution in [1.29, 1.82) is 0 Å². The first-order valence-corrected chi connectivity index (χ1v) is 6.87. The van der Waals surface area contributed by atoms with Gasteiger partial charge in [-0.2, -0.15) is 18.3 Å². The minimum Gasteiger partial charge on any atom is -0.329 e. The molecule has 21 heavy (non-hydrogen) atoms. The number of amides is 2. The van der Waals surface area contributed by atoms with Crippen molar-refractivity contribution < 1.29 is 18.0 Å². The van der Waals surface area contributed by atoms with Crippen LogP contribution >= 0.6 is 11.3 Å². The lowest BCUT2D eigenvalue weighted by Gasteiger charge is -2.14. The highest BCUT2D eigenvalue weighted by molar-refractivity contribution is 7.09. The molecule has 0 fully saturated rings. The van der Waals surface area contributed by atoms with Crippen LogP contribution in [0.4, 0.5) is 23.7 Å². The second kappa shape index (κ2) is 6.12. The third-order valence-corrected chi connectivity index (χ3v) is 3.54. The highest BCUT2D eigenvalue weighted by Gasteiger charge is 2.34. The highest BCUT2D eigenvalue weighted by atomic mass is 32.1. The van der Waals surface area contributed by atoms with E-state index in [-0.39, 0.29) is 5.01 Å². The first-order valence-electron chi connectivity index (χ1n) is 5.99. The predicted molar refractivity (Wildman–Crippen MR) is 70.9 cm³/mol. The minimum atomic E-state index is -4.48. The van der Waals surface area contributed by atoms with Crippen LogP contribution in [0.25, 0.3) is 0 Å². The maximum absolute atomic E-state index is 12.5. The molecule has 3 N–H and O–H groups in total. The first-order chi connectivity index (χ1) is 9.90. The SMILES string of the molecule is CC[C@@H](NC(=O)Nc1cn[nH]c1)c1nc(C(F)(F)F)cs1. The number of aromatic nitrogens is 3. The summed E-state index contributed by atoms with van der Waals surface area (Å²) in [6.07, 6.45) is -1.17. The quantitative estimate of drug-likeness (QED) is 0.809. The Morgan fingerprint density at radius 3 is 2.81 bits per heavy atom. The van der Waals surface area contributed by atoms with Crippen LogP contribution in [0.3, 0.4) is 0 Å². The molecule has 0 aliphatic rings. The van der Waals surface area contributed by atoms with Crippen molar-refractivity contribution in [3.63, 3.8) is 0 Å². The molecule has 0 aromatic carbocycles. The summed E-state index contributed by atoms with van der Waals surface area (Å²) in [6, 6.07) is -1.12. The third-order valence-electron chi connectivity index (χ3n) is 2.58. The average molecular weight is 319 g/mol. The van der Waals surface area contributed by atoms with Crippen LogP contribution in [-0.2, 0) is 6.18 Å². The Bertz CT molecular complexity index is 595. The van der Waals surface area contributed by atoms with Gasteiger partial charge in [0.2, 0.25) is 0 Å². The Kier molecular flexibility index (Phi) is 4.46. The van der Waals surface area contributed by atoms with E-state index in [0.29, 0.717) is 12.1 Å². The van der Waals surface area contributed by atoms with Crippen molar-refractivity contribution in [1.82, 2.24) is 20.5 Å². The van der Waals surface area contributed by atoms with Gasteiger partial charge >= 0.3 is 12.2 Å². The van der Waals surface area contributed by atoms with Crippen LogP contribution in [0.1, 0.15) is 30.1 Å². The largest absolute Gasteiger partial charge is 0.434 e. The molecule has 0 saturated heterocycles.